The number of aromatic nitrogens is 2. The second kappa shape index (κ2) is 10.3. The quantitative estimate of drug-likeness (QED) is 0.537. The smallest absolute Gasteiger partial charge is 0.252 e. The number of carbonyl (C=O) groups is 1. The molecule has 8 heteroatoms. The lowest BCUT2D eigenvalue weighted by atomic mass is 10.2. The SMILES string of the molecule is CCSc1ccccc1C(=O)NCCOc1cc(N2CCOCC2)nc(C)n1. The number of rotatable bonds is 8. The van der Waals surface area contributed by atoms with Crippen LogP contribution in [0, 0.1) is 6.92 Å². The third kappa shape index (κ3) is 5.59. The van der Waals surface area contributed by atoms with Crippen LogP contribution in [0.1, 0.15) is 23.1 Å². The monoisotopic (exact) mass is 402 g/mol. The molecule has 0 aliphatic carbocycles. The van der Waals surface area contributed by atoms with E-state index in [0.717, 1.165) is 29.6 Å². The van der Waals surface area contributed by atoms with Crippen LogP contribution in [0.4, 0.5) is 5.82 Å². The first kappa shape index (κ1) is 20.4. The molecule has 1 amide bonds. The molecule has 1 aliphatic rings. The summed E-state index contributed by atoms with van der Waals surface area (Å²) in [5, 5.41) is 2.91. The molecule has 2 aromatic rings. The van der Waals surface area contributed by atoms with Gasteiger partial charge in [-0.3, -0.25) is 4.79 Å². The number of hydrogen-bond acceptors (Lipinski definition) is 7. The molecule has 1 aromatic heterocycles. The second-order valence-corrected chi connectivity index (χ2v) is 7.55. The molecule has 2 heterocycles. The maximum Gasteiger partial charge on any atom is 0.252 e. The van der Waals surface area contributed by atoms with Crippen molar-refractivity contribution in [1.82, 2.24) is 15.3 Å². The molecule has 0 radical (unpaired) electrons. The van der Waals surface area contributed by atoms with Gasteiger partial charge < -0.3 is 19.7 Å². The molecule has 3 rings (SSSR count). The Balaban J connectivity index is 1.52. The summed E-state index contributed by atoms with van der Waals surface area (Å²) in [6.45, 7) is 7.67. The Hall–Kier alpha value is -2.32. The van der Waals surface area contributed by atoms with Crippen molar-refractivity contribution in [2.75, 3.05) is 50.1 Å². The first-order chi connectivity index (χ1) is 13.7. The molecule has 7 nitrogen and oxygen atoms in total. The van der Waals surface area contributed by atoms with E-state index in [1.807, 2.05) is 37.3 Å². The highest BCUT2D eigenvalue weighted by atomic mass is 32.2. The fourth-order valence-electron chi connectivity index (χ4n) is 2.90. The lowest BCUT2D eigenvalue weighted by Crippen LogP contribution is -2.37. The largest absolute Gasteiger partial charge is 0.476 e. The zero-order valence-corrected chi connectivity index (χ0v) is 17.1. The molecule has 1 saturated heterocycles. The molecule has 0 saturated carbocycles. The van der Waals surface area contributed by atoms with Crippen LogP contribution in [0.15, 0.2) is 35.2 Å². The van der Waals surface area contributed by atoms with E-state index in [-0.39, 0.29) is 5.91 Å². The van der Waals surface area contributed by atoms with E-state index >= 15 is 0 Å². The summed E-state index contributed by atoms with van der Waals surface area (Å²) in [6.07, 6.45) is 0. The van der Waals surface area contributed by atoms with Crippen molar-refractivity contribution < 1.29 is 14.3 Å². The van der Waals surface area contributed by atoms with Crippen LogP contribution in [0.5, 0.6) is 5.88 Å². The third-order valence-electron chi connectivity index (χ3n) is 4.21. The van der Waals surface area contributed by atoms with Crippen LogP contribution in [0.2, 0.25) is 0 Å². The van der Waals surface area contributed by atoms with Gasteiger partial charge in [0, 0.05) is 24.1 Å². The van der Waals surface area contributed by atoms with Crippen molar-refractivity contribution in [3.05, 3.63) is 41.7 Å². The van der Waals surface area contributed by atoms with Crippen molar-refractivity contribution in [2.24, 2.45) is 0 Å². The Kier molecular flexibility index (Phi) is 7.50. The Labute approximate surface area is 169 Å². The Morgan fingerprint density at radius 1 is 1.29 bits per heavy atom. The maximum atomic E-state index is 12.4. The van der Waals surface area contributed by atoms with Crippen LogP contribution in [-0.4, -0.2) is 61.1 Å². The minimum Gasteiger partial charge on any atom is -0.476 e. The fourth-order valence-corrected chi connectivity index (χ4v) is 3.71. The number of morpholine rings is 1. The van der Waals surface area contributed by atoms with Gasteiger partial charge in [-0.15, -0.1) is 11.8 Å². The average Bonchev–Trinajstić information content (AvgIpc) is 2.72. The highest BCUT2D eigenvalue weighted by molar-refractivity contribution is 7.99. The normalized spacial score (nSPS) is 14.0. The molecule has 1 aromatic carbocycles. The zero-order valence-electron chi connectivity index (χ0n) is 16.3. The molecule has 28 heavy (non-hydrogen) atoms. The summed E-state index contributed by atoms with van der Waals surface area (Å²) in [5.74, 6) is 2.86. The average molecular weight is 403 g/mol. The lowest BCUT2D eigenvalue weighted by molar-refractivity contribution is 0.0943. The molecule has 1 fully saturated rings. The summed E-state index contributed by atoms with van der Waals surface area (Å²) in [7, 11) is 0. The van der Waals surface area contributed by atoms with E-state index in [2.05, 4.69) is 27.1 Å². The van der Waals surface area contributed by atoms with Gasteiger partial charge in [0.15, 0.2) is 0 Å². The van der Waals surface area contributed by atoms with Gasteiger partial charge in [0.05, 0.1) is 25.3 Å². The number of hydrogen-bond donors (Lipinski definition) is 1. The number of nitrogens with zero attached hydrogens (tertiary/aromatic N) is 3. The fraction of sp³-hybridized carbons (Fsp3) is 0.450. The third-order valence-corrected chi connectivity index (χ3v) is 5.16. The van der Waals surface area contributed by atoms with E-state index in [0.29, 0.717) is 43.6 Å². The lowest BCUT2D eigenvalue weighted by Gasteiger charge is -2.28. The van der Waals surface area contributed by atoms with Gasteiger partial charge in [0.2, 0.25) is 5.88 Å². The predicted molar refractivity (Wildman–Crippen MR) is 110 cm³/mol. The summed E-state index contributed by atoms with van der Waals surface area (Å²) in [4.78, 5) is 24.4. The van der Waals surface area contributed by atoms with Crippen LogP contribution >= 0.6 is 11.8 Å². The van der Waals surface area contributed by atoms with Crippen LogP contribution < -0.4 is 15.0 Å². The first-order valence-corrected chi connectivity index (χ1v) is 10.5. The molecular formula is C20H26N4O3S. The summed E-state index contributed by atoms with van der Waals surface area (Å²) < 4.78 is 11.1. The molecule has 150 valence electrons. The minimum atomic E-state index is -0.0898. The van der Waals surface area contributed by atoms with E-state index in [9.17, 15) is 4.79 Å². The van der Waals surface area contributed by atoms with Gasteiger partial charge in [-0.05, 0) is 24.8 Å². The van der Waals surface area contributed by atoms with Gasteiger partial charge in [0.1, 0.15) is 18.2 Å². The number of nitrogens with one attached hydrogen (secondary N) is 1. The highest BCUT2D eigenvalue weighted by Crippen LogP contribution is 2.22. The zero-order chi connectivity index (χ0) is 19.8. The minimum absolute atomic E-state index is 0.0898. The van der Waals surface area contributed by atoms with Crippen LogP contribution in [0.3, 0.4) is 0 Å². The number of benzene rings is 1. The maximum absolute atomic E-state index is 12.4. The number of ether oxygens (including phenoxy) is 2. The number of aryl methyl sites for hydroxylation is 1. The van der Waals surface area contributed by atoms with Crippen molar-refractivity contribution in [1.29, 1.82) is 0 Å². The molecule has 1 aliphatic heterocycles. The highest BCUT2D eigenvalue weighted by Gasteiger charge is 2.15. The predicted octanol–water partition coefficient (Wildman–Crippen LogP) is 2.54. The Bertz CT molecular complexity index is 797. The van der Waals surface area contributed by atoms with Gasteiger partial charge in [-0.1, -0.05) is 19.1 Å². The van der Waals surface area contributed by atoms with E-state index in [4.69, 9.17) is 9.47 Å². The van der Waals surface area contributed by atoms with Crippen LogP contribution in [-0.2, 0) is 4.74 Å². The van der Waals surface area contributed by atoms with E-state index in [1.165, 1.54) is 0 Å². The van der Waals surface area contributed by atoms with E-state index in [1.54, 1.807) is 11.8 Å². The van der Waals surface area contributed by atoms with Crippen molar-refractivity contribution in [3.63, 3.8) is 0 Å². The van der Waals surface area contributed by atoms with Crippen LogP contribution in [0.25, 0.3) is 0 Å². The van der Waals surface area contributed by atoms with Gasteiger partial charge in [0.25, 0.3) is 5.91 Å². The Morgan fingerprint density at radius 2 is 2.07 bits per heavy atom. The topological polar surface area (TPSA) is 76.6 Å². The van der Waals surface area contributed by atoms with Gasteiger partial charge >= 0.3 is 0 Å². The summed E-state index contributed by atoms with van der Waals surface area (Å²) in [5.41, 5.74) is 0.696. The van der Waals surface area contributed by atoms with Gasteiger partial charge in [-0.25, -0.2) is 4.98 Å². The standard InChI is InChI=1S/C20H26N4O3S/c1-3-28-17-7-5-4-6-16(17)20(25)21-8-11-27-19-14-18(22-15(2)23-19)24-9-12-26-13-10-24/h4-7,14H,3,8-13H2,1-2H3,(H,21,25). The molecular weight excluding hydrogens is 376 g/mol. The molecule has 0 spiro atoms. The first-order valence-electron chi connectivity index (χ1n) is 9.48. The Morgan fingerprint density at radius 3 is 2.86 bits per heavy atom. The molecule has 0 bridgehead atoms. The van der Waals surface area contributed by atoms with Gasteiger partial charge in [-0.2, -0.15) is 4.98 Å². The number of amides is 1. The van der Waals surface area contributed by atoms with Crippen molar-refractivity contribution in [2.45, 2.75) is 18.7 Å². The molecule has 0 atom stereocenters. The van der Waals surface area contributed by atoms with E-state index < -0.39 is 0 Å². The molecule has 0 unspecified atom stereocenters. The number of anilines is 1. The number of thioether (sulfide) groups is 1. The number of carbonyl (C=O) groups excluding carboxylic acids is 1. The molecule has 1 N–H and O–H groups in total. The van der Waals surface area contributed by atoms with Crippen molar-refractivity contribution >= 4 is 23.5 Å². The summed E-state index contributed by atoms with van der Waals surface area (Å²) in [6, 6.07) is 9.48. The summed E-state index contributed by atoms with van der Waals surface area (Å²) >= 11 is 1.66. The van der Waals surface area contributed by atoms with Crippen molar-refractivity contribution in [3.8, 4) is 5.88 Å². The second-order valence-electron chi connectivity index (χ2n) is 6.24.